The molecule has 6 aromatic rings. The summed E-state index contributed by atoms with van der Waals surface area (Å²) in [4.78, 5) is 155. The topological polar surface area (TPSA) is 551 Å². The second kappa shape index (κ2) is 40.9. The summed E-state index contributed by atoms with van der Waals surface area (Å²) in [5, 5.41) is 36.5. The van der Waals surface area contributed by atoms with Crippen LogP contribution < -0.4 is 68.5 Å². The number of carboxylic acids is 2. The van der Waals surface area contributed by atoms with Gasteiger partial charge in [-0.2, -0.15) is 4.98 Å². The molecule has 0 radical (unpaired) electrons. The number of likely N-dealkylation sites (tertiary alicyclic amines) is 1. The van der Waals surface area contributed by atoms with Crippen LogP contribution in [0.4, 0.5) is 17.3 Å². The minimum Gasteiger partial charge on any atom is -0.744 e. The molecule has 3 aliphatic rings. The van der Waals surface area contributed by atoms with Crippen molar-refractivity contribution in [3.8, 4) is 22.5 Å². The number of nitrogens with zero attached hydrogens (tertiary/aromatic N) is 8. The summed E-state index contributed by atoms with van der Waals surface area (Å²) in [6.07, 6.45) is 3.54. The first-order valence-electron chi connectivity index (χ1n) is 38.3. The number of carboxylic acid groups (broad SMARTS) is 2. The van der Waals surface area contributed by atoms with Crippen molar-refractivity contribution in [3.63, 3.8) is 0 Å². The highest BCUT2D eigenvalue weighted by Crippen LogP contribution is 2.44. The zero-order valence-electron chi connectivity index (χ0n) is 67.1. The average molecular weight is 1750 g/mol. The van der Waals surface area contributed by atoms with E-state index in [1.165, 1.54) is 42.5 Å². The normalized spacial score (nSPS) is 14.3. The fourth-order valence-corrected chi connectivity index (χ4v) is 26.6. The molecule has 2 aliphatic heterocycles. The standard InChI is InChI=1S/C76H98N18O19S4Si2/c1-10-92(11-2)49-21-24-52-58(31-49)112-59-32-50(93(12-3)13-4)22-25-53(59)66(52)54-26-23-51(33-61(54)117(109,110)111)116(107,108)84-29-28-79-62(95)15-14-30-118(6,7)113-119(8,9)43-115-76-82-37-45(38-83-76)41-94-64(97)35-60(73(94)104)114-42-57(74(105)106)89-71(102)56(36-77)88-70(101)55(34-65(98)99)87-63(96)27-16-44(5)85-69(100)46-17-19-47(20-18-46)80-39-48-40-81-68-67(86-48)72(103)91-75(78)90-68/h17-26,31-33,37-38,40,44,55-57,60,84H,10-16,27-30,34-36,39,41-43,77H2,1-9H3,(H11-,78,79,80,81,85,87,88,89,90,91,95,96,98,99,100,101,102,103,105,106,109,110,111)/t44-,55+,56+,57+,60?/m1/s1. The van der Waals surface area contributed by atoms with Gasteiger partial charge >= 0.3 is 11.9 Å². The quantitative estimate of drug-likeness (QED) is 0.00379. The molecule has 3 aromatic carbocycles. The lowest BCUT2D eigenvalue weighted by Gasteiger charge is -2.33. The molecule has 1 unspecified atom stereocenters. The van der Waals surface area contributed by atoms with Crippen molar-refractivity contribution in [3.05, 3.63) is 130 Å². The highest BCUT2D eigenvalue weighted by atomic mass is 32.2. The van der Waals surface area contributed by atoms with Crippen molar-refractivity contribution in [1.29, 1.82) is 0 Å². The molecule has 5 atom stereocenters. The lowest BCUT2D eigenvalue weighted by molar-refractivity contribution is -0.142. The number of anilines is 3. The molecule has 1 saturated heterocycles. The van der Waals surface area contributed by atoms with Crippen LogP contribution in [0.15, 0.2) is 122 Å². The van der Waals surface area contributed by atoms with E-state index in [2.05, 4.69) is 76.0 Å². The van der Waals surface area contributed by atoms with Crippen molar-refractivity contribution in [1.82, 2.24) is 70.7 Å². The molecule has 3 aromatic heterocycles. The summed E-state index contributed by atoms with van der Waals surface area (Å²) >= 11 is 2.16. The SMILES string of the molecule is CCN(CC)c1ccc2c(-c3ccc(S(=O)(=O)NCCNC(=O)CCC[Si](C)(C)O[Si](C)(C)CSc4ncc(CN5C(=O)CC(SC[C@H](NC(=O)[C@H](CN)NC(=O)[C@H](CC(=O)O)NC(=O)CC[C@@H](C)NC(=O)c6ccc(NCc7cnc8nc(N)[nH]c(=O)c8n7)cc6)C(=O)O)C5=O)cn4)cc3S(=O)(=O)[O-])c3ccc(=[N+](CC)CC)cc-3oc2c1. The van der Waals surface area contributed by atoms with E-state index in [0.717, 1.165) is 33.8 Å². The van der Waals surface area contributed by atoms with Crippen LogP contribution in [0.2, 0.25) is 32.2 Å². The van der Waals surface area contributed by atoms with Crippen LogP contribution >= 0.6 is 23.5 Å². The number of nitrogen functional groups attached to an aromatic ring is 1. The number of fused-ring (bicyclic) bond motifs is 3. The molecule has 37 nitrogen and oxygen atoms in total. The summed E-state index contributed by atoms with van der Waals surface area (Å²) in [6.45, 7) is 19.8. The van der Waals surface area contributed by atoms with Crippen LogP contribution in [-0.4, -0.2) is 223 Å². The third-order valence-corrected chi connectivity index (χ3v) is 32.7. The van der Waals surface area contributed by atoms with Gasteiger partial charge < -0.3 is 71.6 Å². The highest BCUT2D eigenvalue weighted by Gasteiger charge is 2.41. The number of aromatic nitrogens is 6. The van der Waals surface area contributed by atoms with Gasteiger partial charge in [-0.15, -0.1) is 11.8 Å². The van der Waals surface area contributed by atoms with Gasteiger partial charge in [0.2, 0.25) is 56.8 Å². The third kappa shape index (κ3) is 25.2. The molecule has 9 rings (SSSR count). The molecular formula is C76H98N18O19S4Si2. The van der Waals surface area contributed by atoms with E-state index in [-0.39, 0.29) is 86.0 Å². The zero-order valence-corrected chi connectivity index (χ0v) is 72.3. The Labute approximate surface area is 696 Å². The van der Waals surface area contributed by atoms with Crippen LogP contribution in [0.25, 0.3) is 44.6 Å². The monoisotopic (exact) mass is 1750 g/mol. The number of nitrogens with one attached hydrogen (secondary N) is 8. The number of hydrogen-bond donors (Lipinski definition) is 12. The Bertz CT molecular complexity index is 5450. The van der Waals surface area contributed by atoms with Crippen LogP contribution in [0.5, 0.6) is 0 Å². The first-order valence-corrected chi connectivity index (χ1v) is 49.5. The number of carbonyl (C=O) groups excluding carboxylic acids is 7. The predicted molar refractivity (Wildman–Crippen MR) is 451 cm³/mol. The highest BCUT2D eigenvalue weighted by molar-refractivity contribution is 8.01. The van der Waals surface area contributed by atoms with Gasteiger partial charge in [-0.05, 0) is 134 Å². The van der Waals surface area contributed by atoms with Gasteiger partial charge in [0.1, 0.15) is 52.7 Å². The zero-order chi connectivity index (χ0) is 86.8. The van der Waals surface area contributed by atoms with E-state index in [0.29, 0.717) is 94.0 Å². The van der Waals surface area contributed by atoms with Gasteiger partial charge in [-0.3, -0.25) is 53.0 Å². The van der Waals surface area contributed by atoms with Gasteiger partial charge in [0.25, 0.3) is 11.5 Å². The first-order chi connectivity index (χ1) is 56.3. The number of carbonyl (C=O) groups is 9. The van der Waals surface area contributed by atoms with Crippen molar-refractivity contribution in [2.45, 2.75) is 163 Å². The number of H-pyrrole nitrogens is 1. The summed E-state index contributed by atoms with van der Waals surface area (Å²) in [5.41, 5.74) is 14.9. The second-order valence-electron chi connectivity index (χ2n) is 29.3. The lowest BCUT2D eigenvalue weighted by atomic mass is 9.93. The van der Waals surface area contributed by atoms with Crippen molar-refractivity contribution >= 4 is 153 Å². The number of amides is 7. The summed E-state index contributed by atoms with van der Waals surface area (Å²) in [5.74, 6) is -8.08. The fraction of sp³-hybridized carbons (Fsp3) is 0.421. The molecule has 43 heteroatoms. The minimum atomic E-state index is -5.29. The Morgan fingerprint density at radius 2 is 1.49 bits per heavy atom. The number of imide groups is 1. The molecule has 0 bridgehead atoms. The Hall–Kier alpha value is -10.6. The molecule has 1 aliphatic carbocycles. The molecule has 119 heavy (non-hydrogen) atoms. The van der Waals surface area contributed by atoms with E-state index in [1.54, 1.807) is 43.3 Å². The summed E-state index contributed by atoms with van der Waals surface area (Å²) in [7, 11) is -14.5. The Kier molecular flexibility index (Phi) is 31.7. The van der Waals surface area contributed by atoms with E-state index >= 15 is 0 Å². The molecule has 0 saturated carbocycles. The maximum atomic E-state index is 13.7. The Morgan fingerprint density at radius 1 is 0.798 bits per heavy atom. The van der Waals surface area contributed by atoms with Gasteiger partial charge in [0.05, 0.1) is 52.5 Å². The van der Waals surface area contributed by atoms with Crippen molar-refractivity contribution in [2.75, 3.05) is 72.9 Å². The van der Waals surface area contributed by atoms with Gasteiger partial charge in [-0.1, -0.05) is 17.8 Å². The summed E-state index contributed by atoms with van der Waals surface area (Å²) < 4.78 is 84.8. The number of nitrogens with two attached hydrogens (primary N) is 2. The Morgan fingerprint density at radius 3 is 2.15 bits per heavy atom. The molecule has 1 fully saturated rings. The van der Waals surface area contributed by atoms with Crippen LogP contribution in [0.1, 0.15) is 94.8 Å². The van der Waals surface area contributed by atoms with Crippen LogP contribution in [-0.2, 0) is 75.7 Å². The summed E-state index contributed by atoms with van der Waals surface area (Å²) in [6, 6.07) is 15.9. The lowest BCUT2D eigenvalue weighted by Crippen LogP contribution is -2.58. The van der Waals surface area contributed by atoms with E-state index in [9.17, 15) is 79.5 Å². The predicted octanol–water partition coefficient (Wildman–Crippen LogP) is 3.64. The van der Waals surface area contributed by atoms with Crippen LogP contribution in [0.3, 0.4) is 0 Å². The Balaban J connectivity index is 0.676. The largest absolute Gasteiger partial charge is 0.744 e. The molecule has 0 spiro atoms. The maximum absolute atomic E-state index is 13.7. The number of thioether (sulfide) groups is 2. The number of aliphatic carboxylic acids is 2. The van der Waals surface area contributed by atoms with Crippen LogP contribution in [0, 0.1) is 0 Å². The van der Waals surface area contributed by atoms with Crippen molar-refractivity contribution < 1.29 is 83.3 Å². The molecular weight excluding hydrogens is 1650 g/mol. The fourth-order valence-electron chi connectivity index (χ4n) is 13.3. The molecule has 638 valence electrons. The average Bonchev–Trinajstić information content (AvgIpc) is 1.14. The molecule has 5 heterocycles. The molecule has 7 amide bonds. The third-order valence-electron chi connectivity index (χ3n) is 19.3. The number of rotatable bonds is 43. The van der Waals surface area contributed by atoms with Gasteiger partial charge in [-0.25, -0.2) is 50.9 Å². The van der Waals surface area contributed by atoms with E-state index in [1.807, 2.05) is 78.1 Å². The number of hydrogen-bond acceptors (Lipinski definition) is 28. The van der Waals surface area contributed by atoms with E-state index < -0.39 is 148 Å². The van der Waals surface area contributed by atoms with Gasteiger partial charge in [0.15, 0.2) is 33.0 Å². The van der Waals surface area contributed by atoms with E-state index in [4.69, 9.17) is 20.0 Å². The van der Waals surface area contributed by atoms with Gasteiger partial charge in [0, 0.05) is 138 Å². The maximum Gasteiger partial charge on any atom is 0.327 e. The number of sulfonamides is 1. The number of benzene rings is 4. The molecule has 14 N–H and O–H groups in total. The first kappa shape index (κ1) is 92.2. The van der Waals surface area contributed by atoms with Crippen molar-refractivity contribution in [2.24, 2.45) is 5.73 Å². The number of aromatic amines is 1. The smallest absolute Gasteiger partial charge is 0.327 e. The minimum absolute atomic E-state index is 0.000401. The second-order valence-corrected chi connectivity index (χ2v) is 43.8.